The second kappa shape index (κ2) is 7.00. The maximum atomic E-state index is 11.7. The minimum Gasteiger partial charge on any atom is -0.351 e. The van der Waals surface area contributed by atoms with Gasteiger partial charge in [0.05, 0.1) is 5.75 Å². The van der Waals surface area contributed by atoms with Crippen LogP contribution < -0.4 is 5.32 Å². The van der Waals surface area contributed by atoms with E-state index in [1.165, 1.54) is 5.56 Å². The Balaban J connectivity index is 1.76. The van der Waals surface area contributed by atoms with E-state index in [1.807, 2.05) is 42.5 Å². The molecule has 1 amide bonds. The number of benzene rings is 2. The first-order chi connectivity index (χ1) is 9.24. The molecule has 3 heteroatoms. The zero-order valence-corrected chi connectivity index (χ0v) is 11.7. The Bertz CT molecular complexity index is 539. The van der Waals surface area contributed by atoms with Crippen molar-refractivity contribution in [1.29, 1.82) is 0 Å². The molecule has 0 aliphatic heterocycles. The molecule has 0 heterocycles. The van der Waals surface area contributed by atoms with Crippen LogP contribution in [-0.4, -0.2) is 11.7 Å². The molecule has 0 unspecified atom stereocenters. The number of aryl methyl sites for hydroxylation is 1. The third-order valence-electron chi connectivity index (χ3n) is 2.69. The highest BCUT2D eigenvalue weighted by atomic mass is 32.2. The zero-order valence-electron chi connectivity index (χ0n) is 10.9. The summed E-state index contributed by atoms with van der Waals surface area (Å²) >= 11 is 1.55. The van der Waals surface area contributed by atoms with E-state index < -0.39 is 0 Å². The van der Waals surface area contributed by atoms with E-state index in [-0.39, 0.29) is 5.91 Å². The molecule has 0 radical (unpaired) electrons. The predicted molar refractivity (Wildman–Crippen MR) is 80.2 cm³/mol. The molecule has 0 aliphatic rings. The van der Waals surface area contributed by atoms with Gasteiger partial charge < -0.3 is 5.32 Å². The minimum absolute atomic E-state index is 0.0651. The Morgan fingerprint density at radius 1 is 1.11 bits per heavy atom. The lowest BCUT2D eigenvalue weighted by Gasteiger charge is -2.06. The SMILES string of the molecule is Cc1cccc(CNC(=O)CSc2ccccc2)c1. The smallest absolute Gasteiger partial charge is 0.230 e. The van der Waals surface area contributed by atoms with E-state index in [1.54, 1.807) is 11.8 Å². The maximum Gasteiger partial charge on any atom is 0.230 e. The summed E-state index contributed by atoms with van der Waals surface area (Å²) in [7, 11) is 0. The first-order valence-corrected chi connectivity index (χ1v) is 7.23. The highest BCUT2D eigenvalue weighted by molar-refractivity contribution is 8.00. The van der Waals surface area contributed by atoms with Gasteiger partial charge in [-0.05, 0) is 24.6 Å². The third-order valence-corrected chi connectivity index (χ3v) is 3.70. The molecule has 0 aromatic heterocycles. The van der Waals surface area contributed by atoms with Crippen molar-refractivity contribution >= 4 is 17.7 Å². The molecule has 19 heavy (non-hydrogen) atoms. The van der Waals surface area contributed by atoms with Crippen LogP contribution in [0.25, 0.3) is 0 Å². The lowest BCUT2D eigenvalue weighted by atomic mass is 10.1. The number of hydrogen-bond acceptors (Lipinski definition) is 2. The Labute approximate surface area is 118 Å². The van der Waals surface area contributed by atoms with Crippen LogP contribution in [0.3, 0.4) is 0 Å². The van der Waals surface area contributed by atoms with Crippen molar-refractivity contribution < 1.29 is 4.79 Å². The summed E-state index contributed by atoms with van der Waals surface area (Å²) in [5, 5.41) is 2.94. The summed E-state index contributed by atoms with van der Waals surface area (Å²) in [6, 6.07) is 18.1. The van der Waals surface area contributed by atoms with Gasteiger partial charge in [-0.25, -0.2) is 0 Å². The largest absolute Gasteiger partial charge is 0.351 e. The van der Waals surface area contributed by atoms with Gasteiger partial charge in [0.2, 0.25) is 5.91 Å². The van der Waals surface area contributed by atoms with Gasteiger partial charge in [-0.3, -0.25) is 4.79 Å². The topological polar surface area (TPSA) is 29.1 Å². The summed E-state index contributed by atoms with van der Waals surface area (Å²) in [5.41, 5.74) is 2.35. The molecule has 2 aromatic rings. The van der Waals surface area contributed by atoms with E-state index in [4.69, 9.17) is 0 Å². The van der Waals surface area contributed by atoms with Gasteiger partial charge in [-0.15, -0.1) is 11.8 Å². The lowest BCUT2D eigenvalue weighted by Crippen LogP contribution is -2.24. The van der Waals surface area contributed by atoms with Crippen LogP contribution in [-0.2, 0) is 11.3 Å². The van der Waals surface area contributed by atoms with Gasteiger partial charge in [0.15, 0.2) is 0 Å². The molecule has 2 nitrogen and oxygen atoms in total. The average Bonchev–Trinajstić information content (AvgIpc) is 2.44. The van der Waals surface area contributed by atoms with E-state index in [2.05, 4.69) is 24.4 Å². The van der Waals surface area contributed by atoms with E-state index in [0.717, 1.165) is 10.5 Å². The Kier molecular flexibility index (Phi) is 5.04. The van der Waals surface area contributed by atoms with Crippen molar-refractivity contribution in [2.45, 2.75) is 18.4 Å². The summed E-state index contributed by atoms with van der Waals surface area (Å²) in [6.45, 7) is 2.65. The van der Waals surface area contributed by atoms with E-state index in [9.17, 15) is 4.79 Å². The fourth-order valence-electron chi connectivity index (χ4n) is 1.74. The Morgan fingerprint density at radius 3 is 2.63 bits per heavy atom. The lowest BCUT2D eigenvalue weighted by molar-refractivity contribution is -0.118. The van der Waals surface area contributed by atoms with Crippen LogP contribution in [0.2, 0.25) is 0 Å². The molecule has 0 spiro atoms. The van der Waals surface area contributed by atoms with Gasteiger partial charge >= 0.3 is 0 Å². The molecule has 98 valence electrons. The maximum absolute atomic E-state index is 11.7. The quantitative estimate of drug-likeness (QED) is 0.844. The molecule has 0 bridgehead atoms. The summed E-state index contributed by atoms with van der Waals surface area (Å²) in [6.07, 6.45) is 0. The molecular weight excluding hydrogens is 254 g/mol. The minimum atomic E-state index is 0.0651. The molecule has 0 saturated carbocycles. The van der Waals surface area contributed by atoms with Crippen LogP contribution >= 0.6 is 11.8 Å². The molecule has 1 N–H and O–H groups in total. The third kappa shape index (κ3) is 4.79. The first-order valence-electron chi connectivity index (χ1n) is 6.24. The van der Waals surface area contributed by atoms with Crippen LogP contribution in [0, 0.1) is 6.92 Å². The van der Waals surface area contributed by atoms with Gasteiger partial charge in [0.1, 0.15) is 0 Å². The van der Waals surface area contributed by atoms with Crippen LogP contribution in [0.15, 0.2) is 59.5 Å². The van der Waals surface area contributed by atoms with Gasteiger partial charge in [0, 0.05) is 11.4 Å². The highest BCUT2D eigenvalue weighted by Crippen LogP contribution is 2.16. The van der Waals surface area contributed by atoms with Gasteiger partial charge in [-0.2, -0.15) is 0 Å². The average molecular weight is 271 g/mol. The molecule has 2 rings (SSSR count). The fourth-order valence-corrected chi connectivity index (χ4v) is 2.49. The second-order valence-corrected chi connectivity index (χ2v) is 5.42. The monoisotopic (exact) mass is 271 g/mol. The number of rotatable bonds is 5. The number of nitrogens with one attached hydrogen (secondary N) is 1. The molecule has 0 aliphatic carbocycles. The van der Waals surface area contributed by atoms with Crippen molar-refractivity contribution in [3.63, 3.8) is 0 Å². The number of thioether (sulfide) groups is 1. The van der Waals surface area contributed by atoms with Gasteiger partial charge in [-0.1, -0.05) is 48.0 Å². The van der Waals surface area contributed by atoms with Crippen molar-refractivity contribution in [3.05, 3.63) is 65.7 Å². The molecular formula is C16H17NOS. The Hall–Kier alpha value is -1.74. The standard InChI is InChI=1S/C16H17NOS/c1-13-6-5-7-14(10-13)11-17-16(18)12-19-15-8-3-2-4-9-15/h2-10H,11-12H2,1H3,(H,17,18). The van der Waals surface area contributed by atoms with E-state index >= 15 is 0 Å². The number of hydrogen-bond donors (Lipinski definition) is 1. The number of carbonyl (C=O) groups excluding carboxylic acids is 1. The fraction of sp³-hybridized carbons (Fsp3) is 0.188. The van der Waals surface area contributed by atoms with Crippen molar-refractivity contribution in [1.82, 2.24) is 5.32 Å². The zero-order chi connectivity index (χ0) is 13.5. The molecule has 0 saturated heterocycles. The molecule has 0 fully saturated rings. The van der Waals surface area contributed by atoms with Crippen LogP contribution in [0.5, 0.6) is 0 Å². The van der Waals surface area contributed by atoms with Gasteiger partial charge in [0.25, 0.3) is 0 Å². The first kappa shape index (κ1) is 13.7. The van der Waals surface area contributed by atoms with Crippen LogP contribution in [0.4, 0.5) is 0 Å². The predicted octanol–water partition coefficient (Wildman–Crippen LogP) is 3.40. The normalized spacial score (nSPS) is 10.2. The highest BCUT2D eigenvalue weighted by Gasteiger charge is 2.02. The number of carbonyl (C=O) groups is 1. The summed E-state index contributed by atoms with van der Waals surface area (Å²) in [5.74, 6) is 0.519. The molecule has 0 atom stereocenters. The van der Waals surface area contributed by atoms with Crippen molar-refractivity contribution in [2.75, 3.05) is 5.75 Å². The molecule has 2 aromatic carbocycles. The number of amides is 1. The van der Waals surface area contributed by atoms with Crippen LogP contribution in [0.1, 0.15) is 11.1 Å². The summed E-state index contributed by atoms with van der Waals surface area (Å²) in [4.78, 5) is 12.9. The Morgan fingerprint density at radius 2 is 1.89 bits per heavy atom. The summed E-state index contributed by atoms with van der Waals surface area (Å²) < 4.78 is 0. The second-order valence-electron chi connectivity index (χ2n) is 4.37. The van der Waals surface area contributed by atoms with E-state index in [0.29, 0.717) is 12.3 Å². The van der Waals surface area contributed by atoms with Crippen molar-refractivity contribution in [2.24, 2.45) is 0 Å². The van der Waals surface area contributed by atoms with Crippen molar-refractivity contribution in [3.8, 4) is 0 Å².